The molecule has 0 saturated carbocycles. The topological polar surface area (TPSA) is 12.0 Å². The van der Waals surface area contributed by atoms with Crippen molar-refractivity contribution in [2.75, 3.05) is 6.54 Å². The number of nitrogens with one attached hydrogen (secondary N) is 1. The standard InChI is InChI=1S/C11H13Br2N/c1-8-3-4-10(5-11(8)13)7-14-6-9(2)12/h3-5,14H,2,6-7H2,1H3. The molecule has 1 N–H and O–H groups in total. The Kier molecular flexibility index (Phi) is 4.85. The van der Waals surface area contributed by atoms with Crippen LogP contribution in [0.5, 0.6) is 0 Å². The van der Waals surface area contributed by atoms with E-state index in [1.165, 1.54) is 11.1 Å². The van der Waals surface area contributed by atoms with Gasteiger partial charge in [0.15, 0.2) is 0 Å². The number of rotatable bonds is 4. The maximum absolute atomic E-state index is 3.76. The number of halogens is 2. The van der Waals surface area contributed by atoms with Crippen LogP contribution in [0, 0.1) is 6.92 Å². The summed E-state index contributed by atoms with van der Waals surface area (Å²) in [6.45, 7) is 7.51. The molecule has 14 heavy (non-hydrogen) atoms. The van der Waals surface area contributed by atoms with Crippen molar-refractivity contribution in [2.45, 2.75) is 13.5 Å². The first kappa shape index (κ1) is 12.0. The average Bonchev–Trinajstić information content (AvgIpc) is 2.10. The molecule has 76 valence electrons. The van der Waals surface area contributed by atoms with Crippen molar-refractivity contribution in [2.24, 2.45) is 0 Å². The van der Waals surface area contributed by atoms with Crippen LogP contribution in [-0.4, -0.2) is 6.54 Å². The molecule has 0 aliphatic rings. The zero-order valence-corrected chi connectivity index (χ0v) is 11.3. The first-order valence-corrected chi connectivity index (χ1v) is 5.97. The smallest absolute Gasteiger partial charge is 0.0268 e. The maximum Gasteiger partial charge on any atom is 0.0268 e. The molecule has 3 heteroatoms. The third kappa shape index (κ3) is 3.95. The van der Waals surface area contributed by atoms with Crippen LogP contribution in [0.1, 0.15) is 11.1 Å². The van der Waals surface area contributed by atoms with Gasteiger partial charge in [-0.05, 0) is 24.1 Å². The highest BCUT2D eigenvalue weighted by molar-refractivity contribution is 9.11. The largest absolute Gasteiger partial charge is 0.308 e. The average molecular weight is 319 g/mol. The van der Waals surface area contributed by atoms with Crippen LogP contribution in [0.3, 0.4) is 0 Å². The number of hydrogen-bond donors (Lipinski definition) is 1. The van der Waals surface area contributed by atoms with E-state index in [0.717, 1.165) is 22.0 Å². The van der Waals surface area contributed by atoms with E-state index in [-0.39, 0.29) is 0 Å². The second kappa shape index (κ2) is 5.69. The fraction of sp³-hybridized carbons (Fsp3) is 0.273. The van der Waals surface area contributed by atoms with Crippen molar-refractivity contribution < 1.29 is 0 Å². The van der Waals surface area contributed by atoms with Crippen molar-refractivity contribution in [3.8, 4) is 0 Å². The van der Waals surface area contributed by atoms with E-state index in [9.17, 15) is 0 Å². The predicted molar refractivity (Wildman–Crippen MR) is 68.7 cm³/mol. The Morgan fingerprint density at radius 2 is 2.21 bits per heavy atom. The van der Waals surface area contributed by atoms with Gasteiger partial charge in [0.2, 0.25) is 0 Å². The molecule has 1 nitrogen and oxygen atoms in total. The first-order chi connectivity index (χ1) is 6.59. The van der Waals surface area contributed by atoms with Crippen molar-refractivity contribution >= 4 is 31.9 Å². The van der Waals surface area contributed by atoms with Crippen LogP contribution in [0.25, 0.3) is 0 Å². The molecular formula is C11H13Br2N. The van der Waals surface area contributed by atoms with E-state index in [4.69, 9.17) is 0 Å². The fourth-order valence-electron chi connectivity index (χ4n) is 1.09. The quantitative estimate of drug-likeness (QED) is 0.891. The van der Waals surface area contributed by atoms with E-state index >= 15 is 0 Å². The Labute approximate surface area is 102 Å². The molecule has 0 spiro atoms. The molecule has 1 rings (SSSR count). The van der Waals surface area contributed by atoms with Crippen LogP contribution in [-0.2, 0) is 6.54 Å². The molecule has 0 bridgehead atoms. The van der Waals surface area contributed by atoms with Crippen LogP contribution < -0.4 is 5.32 Å². The molecule has 0 atom stereocenters. The molecule has 0 aliphatic heterocycles. The minimum absolute atomic E-state index is 0.797. The summed E-state index contributed by atoms with van der Waals surface area (Å²) < 4.78 is 2.14. The van der Waals surface area contributed by atoms with Gasteiger partial charge in [0, 0.05) is 22.0 Å². The molecule has 1 aromatic carbocycles. The zero-order valence-electron chi connectivity index (χ0n) is 8.11. The second-order valence-electron chi connectivity index (χ2n) is 3.20. The molecule has 0 fully saturated rings. The summed E-state index contributed by atoms with van der Waals surface area (Å²) in [7, 11) is 0. The molecule has 0 heterocycles. The molecule has 0 radical (unpaired) electrons. The highest BCUT2D eigenvalue weighted by Gasteiger charge is 1.97. The van der Waals surface area contributed by atoms with E-state index in [1.807, 2.05) is 0 Å². The molecule has 1 aromatic rings. The van der Waals surface area contributed by atoms with Gasteiger partial charge in [0.25, 0.3) is 0 Å². The Morgan fingerprint density at radius 1 is 1.50 bits per heavy atom. The Morgan fingerprint density at radius 3 is 2.79 bits per heavy atom. The van der Waals surface area contributed by atoms with Crippen LogP contribution in [0.4, 0.5) is 0 Å². The van der Waals surface area contributed by atoms with E-state index in [0.29, 0.717) is 0 Å². The van der Waals surface area contributed by atoms with Gasteiger partial charge in [0.1, 0.15) is 0 Å². The fourth-order valence-corrected chi connectivity index (χ4v) is 1.71. The lowest BCUT2D eigenvalue weighted by molar-refractivity contribution is 0.756. The minimum atomic E-state index is 0.797. The van der Waals surface area contributed by atoms with Gasteiger partial charge >= 0.3 is 0 Å². The summed E-state index contributed by atoms with van der Waals surface area (Å²) in [5.74, 6) is 0. The highest BCUT2D eigenvalue weighted by atomic mass is 79.9. The zero-order chi connectivity index (χ0) is 10.6. The summed E-state index contributed by atoms with van der Waals surface area (Å²) in [5, 5.41) is 3.28. The van der Waals surface area contributed by atoms with Crippen LogP contribution >= 0.6 is 31.9 Å². The normalized spacial score (nSPS) is 10.2. The van der Waals surface area contributed by atoms with Gasteiger partial charge < -0.3 is 5.32 Å². The minimum Gasteiger partial charge on any atom is -0.308 e. The van der Waals surface area contributed by atoms with Gasteiger partial charge in [0.05, 0.1) is 0 Å². The Hall–Kier alpha value is -0.120. The lowest BCUT2D eigenvalue weighted by Gasteiger charge is -2.05. The van der Waals surface area contributed by atoms with Crippen molar-refractivity contribution in [1.82, 2.24) is 5.32 Å². The number of hydrogen-bond acceptors (Lipinski definition) is 1. The molecular weight excluding hydrogens is 306 g/mol. The van der Waals surface area contributed by atoms with Crippen molar-refractivity contribution in [1.29, 1.82) is 0 Å². The summed E-state index contributed by atoms with van der Waals surface area (Å²) in [6, 6.07) is 6.38. The molecule has 0 saturated heterocycles. The lowest BCUT2D eigenvalue weighted by Crippen LogP contribution is -2.14. The molecule has 0 unspecified atom stereocenters. The monoisotopic (exact) mass is 317 g/mol. The second-order valence-corrected chi connectivity index (χ2v) is 5.18. The Bertz CT molecular complexity index is 334. The van der Waals surface area contributed by atoms with Crippen molar-refractivity contribution in [3.05, 3.63) is 44.9 Å². The van der Waals surface area contributed by atoms with Gasteiger partial charge in [-0.15, -0.1) is 0 Å². The molecule has 0 amide bonds. The summed E-state index contributed by atoms with van der Waals surface area (Å²) in [5.41, 5.74) is 2.54. The maximum atomic E-state index is 3.76. The van der Waals surface area contributed by atoms with Gasteiger partial charge in [-0.2, -0.15) is 0 Å². The third-order valence-corrected chi connectivity index (χ3v) is 3.02. The summed E-state index contributed by atoms with van der Waals surface area (Å²) >= 11 is 6.82. The van der Waals surface area contributed by atoms with Crippen LogP contribution in [0.2, 0.25) is 0 Å². The molecule has 0 aromatic heterocycles. The molecule has 0 aliphatic carbocycles. The van der Waals surface area contributed by atoms with Gasteiger partial charge in [-0.1, -0.05) is 50.6 Å². The first-order valence-electron chi connectivity index (χ1n) is 4.38. The summed E-state index contributed by atoms with van der Waals surface area (Å²) in [4.78, 5) is 0. The van der Waals surface area contributed by atoms with E-state index < -0.39 is 0 Å². The van der Waals surface area contributed by atoms with Gasteiger partial charge in [-0.3, -0.25) is 0 Å². The van der Waals surface area contributed by atoms with E-state index in [2.05, 4.69) is 68.9 Å². The SMILES string of the molecule is C=C(Br)CNCc1ccc(C)c(Br)c1. The lowest BCUT2D eigenvalue weighted by atomic mass is 10.1. The van der Waals surface area contributed by atoms with E-state index in [1.54, 1.807) is 0 Å². The summed E-state index contributed by atoms with van der Waals surface area (Å²) in [6.07, 6.45) is 0. The number of benzene rings is 1. The Balaban J connectivity index is 2.51. The van der Waals surface area contributed by atoms with Gasteiger partial charge in [-0.25, -0.2) is 0 Å². The third-order valence-electron chi connectivity index (χ3n) is 1.88. The number of aryl methyl sites for hydroxylation is 1. The predicted octanol–water partition coefficient (Wildman–Crippen LogP) is 3.76. The van der Waals surface area contributed by atoms with Crippen LogP contribution in [0.15, 0.2) is 33.7 Å². The highest BCUT2D eigenvalue weighted by Crippen LogP contribution is 2.17. The van der Waals surface area contributed by atoms with Crippen molar-refractivity contribution in [3.63, 3.8) is 0 Å².